The standard InChI is InChI=1S/C9H11NO2/c1-6-5-7(11)3-4-8(6)9(12)10-2/h3-5,11H,1-2H3,(H,10,12). The molecule has 0 atom stereocenters. The highest BCUT2D eigenvalue weighted by Gasteiger charge is 2.06. The number of rotatable bonds is 1. The average Bonchev–Trinajstić information content (AvgIpc) is 2.03. The highest BCUT2D eigenvalue weighted by Crippen LogP contribution is 2.15. The number of hydrogen-bond donors (Lipinski definition) is 2. The van der Waals surface area contributed by atoms with E-state index in [0.717, 1.165) is 5.56 Å². The minimum absolute atomic E-state index is 0.132. The number of benzene rings is 1. The monoisotopic (exact) mass is 165 g/mol. The summed E-state index contributed by atoms with van der Waals surface area (Å²) in [4.78, 5) is 11.2. The second-order valence-corrected chi connectivity index (χ2v) is 2.58. The van der Waals surface area contributed by atoms with Crippen LogP contribution in [0.2, 0.25) is 0 Å². The summed E-state index contributed by atoms with van der Waals surface area (Å²) in [6, 6.07) is 4.66. The lowest BCUT2D eigenvalue weighted by Gasteiger charge is -2.03. The average molecular weight is 165 g/mol. The van der Waals surface area contributed by atoms with Gasteiger partial charge in [0.1, 0.15) is 5.75 Å². The molecule has 0 aromatic heterocycles. The largest absolute Gasteiger partial charge is 0.508 e. The number of hydrogen-bond acceptors (Lipinski definition) is 2. The Hall–Kier alpha value is -1.51. The fourth-order valence-corrected chi connectivity index (χ4v) is 1.04. The summed E-state index contributed by atoms with van der Waals surface area (Å²) < 4.78 is 0. The topological polar surface area (TPSA) is 49.3 Å². The lowest BCUT2D eigenvalue weighted by molar-refractivity contribution is 0.0962. The van der Waals surface area contributed by atoms with Gasteiger partial charge in [-0.1, -0.05) is 0 Å². The van der Waals surface area contributed by atoms with E-state index in [0.29, 0.717) is 5.56 Å². The molecule has 0 aliphatic carbocycles. The Bertz CT molecular complexity index is 307. The molecule has 0 aliphatic rings. The highest BCUT2D eigenvalue weighted by atomic mass is 16.3. The SMILES string of the molecule is CNC(=O)c1ccc(O)cc1C. The molecule has 1 aromatic carbocycles. The first-order chi connectivity index (χ1) is 5.65. The maximum absolute atomic E-state index is 11.2. The van der Waals surface area contributed by atoms with Gasteiger partial charge in [0.05, 0.1) is 0 Å². The Labute approximate surface area is 71.0 Å². The van der Waals surface area contributed by atoms with E-state index in [1.165, 1.54) is 6.07 Å². The molecule has 1 amide bonds. The van der Waals surface area contributed by atoms with Gasteiger partial charge in [0, 0.05) is 12.6 Å². The van der Waals surface area contributed by atoms with Gasteiger partial charge in [-0.25, -0.2) is 0 Å². The van der Waals surface area contributed by atoms with Crippen LogP contribution in [0.25, 0.3) is 0 Å². The van der Waals surface area contributed by atoms with Crippen LogP contribution in [-0.2, 0) is 0 Å². The van der Waals surface area contributed by atoms with Crippen LogP contribution in [0, 0.1) is 6.92 Å². The second kappa shape index (κ2) is 3.26. The van der Waals surface area contributed by atoms with E-state index < -0.39 is 0 Å². The van der Waals surface area contributed by atoms with Gasteiger partial charge in [-0.15, -0.1) is 0 Å². The van der Waals surface area contributed by atoms with Crippen LogP contribution in [-0.4, -0.2) is 18.1 Å². The number of nitrogens with one attached hydrogen (secondary N) is 1. The van der Waals surface area contributed by atoms with Crippen molar-refractivity contribution in [3.63, 3.8) is 0 Å². The molecule has 0 fully saturated rings. The van der Waals surface area contributed by atoms with Gasteiger partial charge in [0.15, 0.2) is 0 Å². The lowest BCUT2D eigenvalue weighted by atomic mass is 10.1. The molecule has 0 unspecified atom stereocenters. The number of aryl methyl sites for hydroxylation is 1. The summed E-state index contributed by atoms with van der Waals surface area (Å²) >= 11 is 0. The normalized spacial score (nSPS) is 9.50. The summed E-state index contributed by atoms with van der Waals surface area (Å²) in [6.45, 7) is 1.78. The van der Waals surface area contributed by atoms with Gasteiger partial charge < -0.3 is 10.4 Å². The van der Waals surface area contributed by atoms with Gasteiger partial charge in [-0.2, -0.15) is 0 Å². The second-order valence-electron chi connectivity index (χ2n) is 2.58. The van der Waals surface area contributed by atoms with E-state index >= 15 is 0 Å². The molecule has 3 heteroatoms. The number of carbonyl (C=O) groups excluding carboxylic acids is 1. The van der Waals surface area contributed by atoms with Crippen molar-refractivity contribution < 1.29 is 9.90 Å². The predicted molar refractivity (Wildman–Crippen MR) is 46.2 cm³/mol. The zero-order valence-corrected chi connectivity index (χ0v) is 7.09. The van der Waals surface area contributed by atoms with E-state index in [9.17, 15) is 4.79 Å². The first-order valence-electron chi connectivity index (χ1n) is 3.67. The van der Waals surface area contributed by atoms with Crippen LogP contribution in [0.5, 0.6) is 5.75 Å². The maximum Gasteiger partial charge on any atom is 0.251 e. The number of phenols is 1. The third kappa shape index (κ3) is 1.56. The molecule has 64 valence electrons. The van der Waals surface area contributed by atoms with Crippen molar-refractivity contribution in [1.29, 1.82) is 0 Å². The lowest BCUT2D eigenvalue weighted by Crippen LogP contribution is -2.18. The molecule has 3 nitrogen and oxygen atoms in total. The van der Waals surface area contributed by atoms with Crippen LogP contribution in [0.1, 0.15) is 15.9 Å². The smallest absolute Gasteiger partial charge is 0.251 e. The Kier molecular flexibility index (Phi) is 2.33. The van der Waals surface area contributed by atoms with E-state index in [1.54, 1.807) is 26.1 Å². The summed E-state index contributed by atoms with van der Waals surface area (Å²) in [5.41, 5.74) is 1.37. The van der Waals surface area contributed by atoms with Gasteiger partial charge >= 0.3 is 0 Å². The van der Waals surface area contributed by atoms with Crippen LogP contribution in [0.4, 0.5) is 0 Å². The molecular formula is C9H11NO2. The Balaban J connectivity index is 3.09. The molecule has 2 N–H and O–H groups in total. The number of aromatic hydroxyl groups is 1. The minimum atomic E-state index is -0.132. The van der Waals surface area contributed by atoms with E-state index in [4.69, 9.17) is 5.11 Å². The van der Waals surface area contributed by atoms with Gasteiger partial charge in [0.2, 0.25) is 0 Å². The Morgan fingerprint density at radius 1 is 1.50 bits per heavy atom. The Morgan fingerprint density at radius 3 is 2.67 bits per heavy atom. The quantitative estimate of drug-likeness (QED) is 0.653. The summed E-state index contributed by atoms with van der Waals surface area (Å²) in [7, 11) is 1.58. The molecule has 12 heavy (non-hydrogen) atoms. The van der Waals surface area contributed by atoms with E-state index in [1.807, 2.05) is 0 Å². The van der Waals surface area contributed by atoms with Crippen LogP contribution in [0.15, 0.2) is 18.2 Å². The van der Waals surface area contributed by atoms with Crippen LogP contribution < -0.4 is 5.32 Å². The molecule has 0 saturated carbocycles. The van der Waals surface area contributed by atoms with Crippen molar-refractivity contribution in [2.75, 3.05) is 7.05 Å². The minimum Gasteiger partial charge on any atom is -0.508 e. The van der Waals surface area contributed by atoms with Crippen LogP contribution >= 0.6 is 0 Å². The van der Waals surface area contributed by atoms with Crippen molar-refractivity contribution in [2.45, 2.75) is 6.92 Å². The first-order valence-corrected chi connectivity index (χ1v) is 3.67. The summed E-state index contributed by atoms with van der Waals surface area (Å²) in [5.74, 6) is 0.0488. The van der Waals surface area contributed by atoms with Crippen molar-refractivity contribution in [3.05, 3.63) is 29.3 Å². The fraction of sp³-hybridized carbons (Fsp3) is 0.222. The summed E-state index contributed by atoms with van der Waals surface area (Å²) in [5, 5.41) is 11.6. The molecule has 0 aliphatic heterocycles. The van der Waals surface area contributed by atoms with Crippen molar-refractivity contribution in [2.24, 2.45) is 0 Å². The molecular weight excluding hydrogens is 154 g/mol. The third-order valence-corrected chi connectivity index (χ3v) is 1.68. The van der Waals surface area contributed by atoms with Crippen LogP contribution in [0.3, 0.4) is 0 Å². The molecule has 0 radical (unpaired) electrons. The van der Waals surface area contributed by atoms with Gasteiger partial charge in [-0.3, -0.25) is 4.79 Å². The third-order valence-electron chi connectivity index (χ3n) is 1.68. The molecule has 1 aromatic rings. The fourth-order valence-electron chi connectivity index (χ4n) is 1.04. The number of carbonyl (C=O) groups is 1. The predicted octanol–water partition coefficient (Wildman–Crippen LogP) is 1.06. The summed E-state index contributed by atoms with van der Waals surface area (Å²) in [6.07, 6.45) is 0. The van der Waals surface area contributed by atoms with E-state index in [-0.39, 0.29) is 11.7 Å². The van der Waals surface area contributed by atoms with Crippen molar-refractivity contribution in [1.82, 2.24) is 5.32 Å². The zero-order valence-electron chi connectivity index (χ0n) is 7.09. The van der Waals surface area contributed by atoms with Gasteiger partial charge in [-0.05, 0) is 30.7 Å². The maximum atomic E-state index is 11.2. The first kappa shape index (κ1) is 8.59. The Morgan fingerprint density at radius 2 is 2.17 bits per heavy atom. The van der Waals surface area contributed by atoms with Gasteiger partial charge in [0.25, 0.3) is 5.91 Å². The van der Waals surface area contributed by atoms with E-state index in [2.05, 4.69) is 5.32 Å². The molecule has 0 heterocycles. The number of amides is 1. The van der Waals surface area contributed by atoms with Crippen molar-refractivity contribution in [3.8, 4) is 5.75 Å². The molecule has 0 saturated heterocycles. The number of phenolic OH excluding ortho intramolecular Hbond substituents is 1. The molecule has 1 rings (SSSR count). The molecule has 0 spiro atoms. The highest BCUT2D eigenvalue weighted by molar-refractivity contribution is 5.95. The zero-order chi connectivity index (χ0) is 9.14. The molecule has 0 bridgehead atoms. The van der Waals surface area contributed by atoms with Crippen molar-refractivity contribution >= 4 is 5.91 Å².